The van der Waals surface area contributed by atoms with Crippen LogP contribution in [0.2, 0.25) is 0 Å². The highest BCUT2D eigenvalue weighted by molar-refractivity contribution is 6.17. The van der Waals surface area contributed by atoms with Gasteiger partial charge in [0.2, 0.25) is 0 Å². The maximum absolute atomic E-state index is 13.9. The SMILES string of the molecule is CCOC(=O)CC(c1ccc(F)c(CCl)c1)c1ccc(NC)c(N)c1C. The Morgan fingerprint density at radius 1 is 1.35 bits per heavy atom. The Bertz CT molecular complexity index is 796. The van der Waals surface area contributed by atoms with E-state index in [2.05, 4.69) is 5.32 Å². The zero-order valence-corrected chi connectivity index (χ0v) is 16.0. The number of nitrogen functional groups attached to an aromatic ring is 1. The molecule has 0 heterocycles. The number of carbonyl (C=O) groups excluding carboxylic acids is 1. The molecule has 2 aromatic carbocycles. The van der Waals surface area contributed by atoms with Gasteiger partial charge >= 0.3 is 5.97 Å². The van der Waals surface area contributed by atoms with E-state index < -0.39 is 0 Å². The van der Waals surface area contributed by atoms with Crippen molar-refractivity contribution in [1.82, 2.24) is 0 Å². The second kappa shape index (κ2) is 8.90. The molecule has 2 aromatic rings. The van der Waals surface area contributed by atoms with E-state index in [1.807, 2.05) is 19.1 Å². The predicted molar refractivity (Wildman–Crippen MR) is 104 cm³/mol. The molecule has 140 valence electrons. The predicted octanol–water partition coefficient (Wildman–Crippen LogP) is 4.58. The third-order valence-corrected chi connectivity index (χ3v) is 4.78. The number of alkyl halides is 1. The van der Waals surface area contributed by atoms with Crippen molar-refractivity contribution < 1.29 is 13.9 Å². The number of nitrogens with two attached hydrogens (primary N) is 1. The molecule has 1 unspecified atom stereocenters. The minimum atomic E-state index is -0.361. The average Bonchev–Trinajstić information content (AvgIpc) is 2.63. The van der Waals surface area contributed by atoms with E-state index >= 15 is 0 Å². The van der Waals surface area contributed by atoms with Gasteiger partial charge in [-0.25, -0.2) is 4.39 Å². The molecule has 0 radical (unpaired) electrons. The van der Waals surface area contributed by atoms with E-state index in [0.717, 1.165) is 22.4 Å². The number of carbonyl (C=O) groups is 1. The molecular weight excluding hydrogens is 355 g/mol. The first-order valence-corrected chi connectivity index (χ1v) is 9.02. The minimum Gasteiger partial charge on any atom is -0.466 e. The number of anilines is 2. The van der Waals surface area contributed by atoms with Crippen LogP contribution in [0.25, 0.3) is 0 Å². The first-order chi connectivity index (χ1) is 12.4. The molecule has 0 aliphatic carbocycles. The Balaban J connectivity index is 2.55. The summed E-state index contributed by atoms with van der Waals surface area (Å²) < 4.78 is 19.0. The molecule has 0 spiro atoms. The van der Waals surface area contributed by atoms with Crippen LogP contribution in [0, 0.1) is 12.7 Å². The zero-order valence-electron chi connectivity index (χ0n) is 15.2. The van der Waals surface area contributed by atoms with E-state index in [1.54, 1.807) is 26.1 Å². The van der Waals surface area contributed by atoms with Gasteiger partial charge in [0.25, 0.3) is 0 Å². The summed E-state index contributed by atoms with van der Waals surface area (Å²) in [6, 6.07) is 8.57. The van der Waals surface area contributed by atoms with E-state index in [-0.39, 0.29) is 30.0 Å². The quantitative estimate of drug-likeness (QED) is 0.420. The van der Waals surface area contributed by atoms with E-state index in [0.29, 0.717) is 17.9 Å². The molecule has 26 heavy (non-hydrogen) atoms. The Morgan fingerprint density at radius 3 is 2.69 bits per heavy atom. The number of hydrogen-bond donors (Lipinski definition) is 2. The fourth-order valence-corrected chi connectivity index (χ4v) is 3.25. The molecule has 0 aromatic heterocycles. The lowest BCUT2D eigenvalue weighted by atomic mass is 9.84. The molecule has 0 aliphatic heterocycles. The zero-order chi connectivity index (χ0) is 19.3. The van der Waals surface area contributed by atoms with Gasteiger partial charge in [-0.15, -0.1) is 11.6 Å². The largest absolute Gasteiger partial charge is 0.466 e. The first kappa shape index (κ1) is 20.0. The van der Waals surface area contributed by atoms with Gasteiger partial charge in [-0.05, 0) is 42.7 Å². The van der Waals surface area contributed by atoms with Gasteiger partial charge in [0.15, 0.2) is 0 Å². The van der Waals surface area contributed by atoms with Crippen LogP contribution in [-0.4, -0.2) is 19.6 Å². The van der Waals surface area contributed by atoms with Crippen molar-refractivity contribution in [3.8, 4) is 0 Å². The lowest BCUT2D eigenvalue weighted by molar-refractivity contribution is -0.143. The number of esters is 1. The molecule has 4 nitrogen and oxygen atoms in total. The monoisotopic (exact) mass is 378 g/mol. The average molecular weight is 379 g/mol. The summed E-state index contributed by atoms with van der Waals surface area (Å²) in [6.45, 7) is 3.98. The molecule has 0 aliphatic rings. The highest BCUT2D eigenvalue weighted by atomic mass is 35.5. The summed E-state index contributed by atoms with van der Waals surface area (Å²) in [7, 11) is 1.80. The van der Waals surface area contributed by atoms with Gasteiger partial charge < -0.3 is 15.8 Å². The van der Waals surface area contributed by atoms with Crippen LogP contribution in [0.5, 0.6) is 0 Å². The van der Waals surface area contributed by atoms with E-state index in [9.17, 15) is 9.18 Å². The van der Waals surface area contributed by atoms with Crippen molar-refractivity contribution in [3.63, 3.8) is 0 Å². The fraction of sp³-hybridized carbons (Fsp3) is 0.350. The van der Waals surface area contributed by atoms with Crippen LogP contribution >= 0.6 is 11.6 Å². The topological polar surface area (TPSA) is 64.3 Å². The molecule has 6 heteroatoms. The third kappa shape index (κ3) is 4.28. The summed E-state index contributed by atoms with van der Waals surface area (Å²) in [4.78, 5) is 12.2. The van der Waals surface area contributed by atoms with Crippen molar-refractivity contribution in [2.75, 3.05) is 24.7 Å². The Kier molecular flexibility index (Phi) is 6.86. The van der Waals surface area contributed by atoms with Gasteiger partial charge in [0, 0.05) is 18.5 Å². The second-order valence-corrected chi connectivity index (χ2v) is 6.30. The van der Waals surface area contributed by atoms with Crippen LogP contribution < -0.4 is 11.1 Å². The summed E-state index contributed by atoms with van der Waals surface area (Å²) in [5, 5.41) is 3.05. The second-order valence-electron chi connectivity index (χ2n) is 6.04. The first-order valence-electron chi connectivity index (χ1n) is 8.49. The number of halogens is 2. The van der Waals surface area contributed by atoms with Crippen LogP contribution in [0.1, 0.15) is 41.5 Å². The van der Waals surface area contributed by atoms with Gasteiger partial charge in [-0.3, -0.25) is 4.79 Å². The summed E-state index contributed by atoms with van der Waals surface area (Å²) in [5.74, 6) is -0.916. The van der Waals surface area contributed by atoms with Crippen molar-refractivity contribution in [2.45, 2.75) is 32.1 Å². The molecular formula is C20H24ClFN2O2. The number of nitrogens with one attached hydrogen (secondary N) is 1. The maximum atomic E-state index is 13.9. The van der Waals surface area contributed by atoms with Gasteiger partial charge in [-0.1, -0.05) is 18.2 Å². The lowest BCUT2D eigenvalue weighted by Crippen LogP contribution is -2.14. The number of rotatable bonds is 7. The van der Waals surface area contributed by atoms with Crippen molar-refractivity contribution >= 4 is 28.9 Å². The van der Waals surface area contributed by atoms with E-state index in [1.165, 1.54) is 6.07 Å². The van der Waals surface area contributed by atoms with Crippen LogP contribution in [0.3, 0.4) is 0 Å². The highest BCUT2D eigenvalue weighted by Crippen LogP contribution is 2.36. The van der Waals surface area contributed by atoms with Crippen molar-refractivity contribution in [2.24, 2.45) is 0 Å². The standard InChI is InChI=1S/C20H24ClFN2O2/c1-4-26-19(25)10-16(13-5-7-17(22)14(9-13)11-21)15-6-8-18(24-3)20(23)12(15)2/h5-9,16,24H,4,10-11,23H2,1-3H3. The maximum Gasteiger partial charge on any atom is 0.306 e. The van der Waals surface area contributed by atoms with Crippen molar-refractivity contribution in [3.05, 3.63) is 58.4 Å². The van der Waals surface area contributed by atoms with Gasteiger partial charge in [-0.2, -0.15) is 0 Å². The Morgan fingerprint density at radius 2 is 2.08 bits per heavy atom. The molecule has 0 amide bonds. The normalized spacial score (nSPS) is 11.9. The van der Waals surface area contributed by atoms with Crippen LogP contribution in [0.4, 0.5) is 15.8 Å². The van der Waals surface area contributed by atoms with Gasteiger partial charge in [0.1, 0.15) is 5.82 Å². The van der Waals surface area contributed by atoms with Crippen LogP contribution in [0.15, 0.2) is 30.3 Å². The van der Waals surface area contributed by atoms with E-state index in [4.69, 9.17) is 22.1 Å². The summed E-state index contributed by atoms with van der Waals surface area (Å²) in [5.41, 5.74) is 10.6. The molecule has 0 saturated heterocycles. The van der Waals surface area contributed by atoms with Crippen molar-refractivity contribution in [1.29, 1.82) is 0 Å². The molecule has 1 atom stereocenters. The third-order valence-electron chi connectivity index (χ3n) is 4.49. The summed E-state index contributed by atoms with van der Waals surface area (Å²) in [6.07, 6.45) is 0.139. The molecule has 0 fully saturated rings. The molecule has 0 bridgehead atoms. The van der Waals surface area contributed by atoms with Gasteiger partial charge in [0.05, 0.1) is 30.3 Å². The Labute approximate surface area is 158 Å². The molecule has 2 rings (SSSR count). The number of benzene rings is 2. The molecule has 0 saturated carbocycles. The fourth-order valence-electron chi connectivity index (χ4n) is 3.05. The lowest BCUT2D eigenvalue weighted by Gasteiger charge is -2.22. The van der Waals surface area contributed by atoms with Crippen LogP contribution in [-0.2, 0) is 15.4 Å². The number of ether oxygens (including phenoxy) is 1. The Hall–Kier alpha value is -2.27. The number of hydrogen-bond acceptors (Lipinski definition) is 4. The highest BCUT2D eigenvalue weighted by Gasteiger charge is 2.23. The minimum absolute atomic E-state index is 0.0611. The smallest absolute Gasteiger partial charge is 0.306 e. The molecule has 3 N–H and O–H groups in total. The summed E-state index contributed by atoms with van der Waals surface area (Å²) >= 11 is 5.85.